The summed E-state index contributed by atoms with van der Waals surface area (Å²) in [4.78, 5) is 0. The van der Waals surface area contributed by atoms with E-state index in [2.05, 4.69) is 0 Å². The van der Waals surface area contributed by atoms with Crippen molar-refractivity contribution in [3.05, 3.63) is 34.9 Å². The first-order valence-electron chi connectivity index (χ1n) is 4.30. The second kappa shape index (κ2) is 4.53. The van der Waals surface area contributed by atoms with Crippen molar-refractivity contribution in [1.82, 2.24) is 5.48 Å². The lowest BCUT2D eigenvalue weighted by Gasteiger charge is -2.13. The molecule has 1 aromatic carbocycles. The number of hydrogen-bond donors (Lipinski definition) is 2. The Kier molecular flexibility index (Phi) is 3.68. The van der Waals surface area contributed by atoms with E-state index in [1.165, 1.54) is 5.48 Å². The Morgan fingerprint density at radius 1 is 0.882 bits per heavy atom. The first-order chi connectivity index (χ1) is 7.64. The van der Waals surface area contributed by atoms with E-state index in [1.54, 1.807) is 0 Å². The third kappa shape index (κ3) is 3.60. The van der Waals surface area contributed by atoms with Crippen molar-refractivity contribution in [3.8, 4) is 0 Å². The summed E-state index contributed by atoms with van der Waals surface area (Å²) >= 11 is 0. The molecule has 0 aliphatic rings. The number of nitrogens with one attached hydrogen (secondary N) is 1. The summed E-state index contributed by atoms with van der Waals surface area (Å²) in [5.41, 5.74) is -1.61. The van der Waals surface area contributed by atoms with E-state index in [0.29, 0.717) is 12.1 Å². The number of alkyl halides is 6. The van der Waals surface area contributed by atoms with Crippen LogP contribution in [0.15, 0.2) is 18.2 Å². The van der Waals surface area contributed by atoms with Crippen LogP contribution in [-0.4, -0.2) is 5.21 Å². The van der Waals surface area contributed by atoms with E-state index in [0.717, 1.165) is 0 Å². The maximum atomic E-state index is 12.3. The van der Waals surface area contributed by atoms with Crippen LogP contribution in [0.2, 0.25) is 0 Å². The molecule has 0 atom stereocenters. The smallest absolute Gasteiger partial charge is 0.316 e. The molecule has 8 heteroatoms. The van der Waals surface area contributed by atoms with Gasteiger partial charge in [0.1, 0.15) is 0 Å². The third-order valence-corrected chi connectivity index (χ3v) is 1.93. The highest BCUT2D eigenvalue weighted by Crippen LogP contribution is 2.36. The van der Waals surface area contributed by atoms with Gasteiger partial charge in [-0.05, 0) is 23.8 Å². The molecule has 0 aliphatic heterocycles. The van der Waals surface area contributed by atoms with Crippen LogP contribution >= 0.6 is 0 Å². The summed E-state index contributed by atoms with van der Waals surface area (Å²) in [6, 6.07) is 1.11. The highest BCUT2D eigenvalue weighted by molar-refractivity contribution is 5.33. The molecule has 0 heterocycles. The lowest BCUT2D eigenvalue weighted by Crippen LogP contribution is -2.14. The summed E-state index contributed by atoms with van der Waals surface area (Å²) in [7, 11) is 0. The van der Waals surface area contributed by atoms with Crippen LogP contribution in [-0.2, 0) is 18.9 Å². The van der Waals surface area contributed by atoms with Crippen molar-refractivity contribution in [1.29, 1.82) is 0 Å². The summed E-state index contributed by atoms with van der Waals surface area (Å²) < 4.78 is 74.0. The number of rotatable bonds is 2. The minimum absolute atomic E-state index is 0.0286. The van der Waals surface area contributed by atoms with Crippen LogP contribution in [0.3, 0.4) is 0 Å². The van der Waals surface area contributed by atoms with Gasteiger partial charge in [-0.2, -0.15) is 26.3 Å². The van der Waals surface area contributed by atoms with Gasteiger partial charge < -0.3 is 5.21 Å². The average molecular weight is 259 g/mol. The molecular weight excluding hydrogens is 252 g/mol. The fraction of sp³-hybridized carbons (Fsp3) is 0.333. The molecule has 0 saturated heterocycles. The SMILES string of the molecule is ONCc1cc(C(F)(F)F)cc(C(F)(F)F)c1. The first-order valence-corrected chi connectivity index (χ1v) is 4.30. The molecule has 2 N–H and O–H groups in total. The number of hydroxylamine groups is 1. The van der Waals surface area contributed by atoms with Crippen molar-refractivity contribution in [2.75, 3.05) is 0 Å². The van der Waals surface area contributed by atoms with Crippen molar-refractivity contribution >= 4 is 0 Å². The largest absolute Gasteiger partial charge is 0.416 e. The lowest BCUT2D eigenvalue weighted by atomic mass is 10.0. The van der Waals surface area contributed by atoms with Crippen molar-refractivity contribution in [2.45, 2.75) is 18.9 Å². The lowest BCUT2D eigenvalue weighted by molar-refractivity contribution is -0.143. The molecule has 0 aromatic heterocycles. The normalized spacial score (nSPS) is 12.9. The first kappa shape index (κ1) is 13.8. The van der Waals surface area contributed by atoms with Gasteiger partial charge in [-0.1, -0.05) is 0 Å². The second-order valence-corrected chi connectivity index (χ2v) is 3.25. The zero-order chi connectivity index (χ0) is 13.3. The Bertz CT molecular complexity index is 365. The Morgan fingerprint density at radius 3 is 1.59 bits per heavy atom. The maximum Gasteiger partial charge on any atom is 0.416 e. The van der Waals surface area contributed by atoms with Gasteiger partial charge in [0.2, 0.25) is 0 Å². The Morgan fingerprint density at radius 2 is 1.29 bits per heavy atom. The van der Waals surface area contributed by atoms with Crippen molar-refractivity contribution < 1.29 is 31.5 Å². The standard InChI is InChI=1S/C9H7F6NO/c10-8(11,12)6-1-5(4-16-17)2-7(3-6)9(13,14)15/h1-3,16-17H,4H2. The molecule has 0 amide bonds. The maximum absolute atomic E-state index is 12.3. The van der Waals surface area contributed by atoms with Crippen LogP contribution < -0.4 is 5.48 Å². The fourth-order valence-corrected chi connectivity index (χ4v) is 1.21. The predicted molar refractivity (Wildman–Crippen MR) is 45.1 cm³/mol. The van der Waals surface area contributed by atoms with Gasteiger partial charge in [0.25, 0.3) is 0 Å². The number of halogens is 6. The molecule has 2 nitrogen and oxygen atoms in total. The van der Waals surface area contributed by atoms with E-state index in [1.807, 2.05) is 0 Å². The predicted octanol–water partition coefficient (Wildman–Crippen LogP) is 3.20. The van der Waals surface area contributed by atoms with E-state index in [-0.39, 0.29) is 11.6 Å². The fourth-order valence-electron chi connectivity index (χ4n) is 1.21. The van der Waals surface area contributed by atoms with Crippen molar-refractivity contribution in [2.24, 2.45) is 0 Å². The van der Waals surface area contributed by atoms with E-state index in [9.17, 15) is 26.3 Å². The molecule has 0 aliphatic carbocycles. The Hall–Kier alpha value is -1.28. The molecule has 0 spiro atoms. The minimum atomic E-state index is -4.87. The van der Waals surface area contributed by atoms with Crippen LogP contribution in [0.1, 0.15) is 16.7 Å². The molecule has 96 valence electrons. The topological polar surface area (TPSA) is 32.3 Å². The Balaban J connectivity index is 3.29. The van der Waals surface area contributed by atoms with Gasteiger partial charge in [-0.15, -0.1) is 0 Å². The average Bonchev–Trinajstić information content (AvgIpc) is 2.15. The van der Waals surface area contributed by atoms with E-state index >= 15 is 0 Å². The minimum Gasteiger partial charge on any atom is -0.316 e. The quantitative estimate of drug-likeness (QED) is 0.631. The van der Waals surface area contributed by atoms with Crippen LogP contribution in [0.4, 0.5) is 26.3 Å². The van der Waals surface area contributed by atoms with Gasteiger partial charge in [-0.3, -0.25) is 0 Å². The molecule has 1 aromatic rings. The highest BCUT2D eigenvalue weighted by atomic mass is 19.4. The van der Waals surface area contributed by atoms with Crippen LogP contribution in [0, 0.1) is 0 Å². The molecular formula is C9H7F6NO. The van der Waals surface area contributed by atoms with Crippen molar-refractivity contribution in [3.63, 3.8) is 0 Å². The molecule has 0 bridgehead atoms. The van der Waals surface area contributed by atoms with Gasteiger partial charge >= 0.3 is 12.4 Å². The molecule has 17 heavy (non-hydrogen) atoms. The molecule has 0 unspecified atom stereocenters. The Labute approximate surface area is 91.8 Å². The summed E-state index contributed by atoms with van der Waals surface area (Å²) in [5, 5.41) is 8.29. The number of hydrogen-bond acceptors (Lipinski definition) is 2. The molecule has 0 radical (unpaired) electrons. The van der Waals surface area contributed by atoms with Gasteiger partial charge in [0.05, 0.1) is 11.1 Å². The van der Waals surface area contributed by atoms with Gasteiger partial charge in [-0.25, -0.2) is 5.48 Å². The van der Waals surface area contributed by atoms with Crippen LogP contribution in [0.5, 0.6) is 0 Å². The van der Waals surface area contributed by atoms with Crippen LogP contribution in [0.25, 0.3) is 0 Å². The summed E-state index contributed by atoms with van der Waals surface area (Å²) in [6.45, 7) is -0.507. The monoisotopic (exact) mass is 259 g/mol. The molecule has 1 rings (SSSR count). The molecule has 0 saturated carbocycles. The highest BCUT2D eigenvalue weighted by Gasteiger charge is 2.36. The summed E-state index contributed by atoms with van der Waals surface area (Å²) in [6.07, 6.45) is -9.74. The summed E-state index contributed by atoms with van der Waals surface area (Å²) in [5.74, 6) is 0. The van der Waals surface area contributed by atoms with E-state index in [4.69, 9.17) is 5.21 Å². The zero-order valence-electron chi connectivity index (χ0n) is 8.15. The zero-order valence-corrected chi connectivity index (χ0v) is 8.15. The van der Waals surface area contributed by atoms with Gasteiger partial charge in [0, 0.05) is 6.54 Å². The molecule has 0 fully saturated rings. The van der Waals surface area contributed by atoms with Gasteiger partial charge in [0.15, 0.2) is 0 Å². The van der Waals surface area contributed by atoms with E-state index < -0.39 is 30.0 Å². The third-order valence-electron chi connectivity index (χ3n) is 1.93. The number of benzene rings is 1. The second-order valence-electron chi connectivity index (χ2n) is 3.25.